The second-order valence-corrected chi connectivity index (χ2v) is 14.2. The van der Waals surface area contributed by atoms with Gasteiger partial charge in [0.25, 0.3) is 5.91 Å². The van der Waals surface area contributed by atoms with Crippen molar-refractivity contribution in [2.24, 2.45) is 11.8 Å². The molecule has 2 bridgehead atoms. The summed E-state index contributed by atoms with van der Waals surface area (Å²) in [5, 5.41) is 16.0. The molecule has 0 saturated heterocycles. The van der Waals surface area contributed by atoms with Gasteiger partial charge in [0, 0.05) is 18.0 Å². The Morgan fingerprint density at radius 2 is 1.67 bits per heavy atom. The van der Waals surface area contributed by atoms with Crippen molar-refractivity contribution in [3.8, 4) is 0 Å². The number of benzene rings is 1. The number of fused-ring (bicyclic) bond motifs is 3. The summed E-state index contributed by atoms with van der Waals surface area (Å²) in [5.74, 6) is -0.472. The number of carbonyl (C=O) groups excluding carboxylic acids is 4. The third-order valence-electron chi connectivity index (χ3n) is 7.89. The monoisotopic (exact) mass is 680 g/mol. The molecule has 4 amide bonds. The van der Waals surface area contributed by atoms with Gasteiger partial charge < -0.3 is 25.6 Å². The number of aryl methyl sites for hydroxylation is 1. The number of ether oxygens (including phenoxy) is 1. The van der Waals surface area contributed by atoms with Crippen molar-refractivity contribution < 1.29 is 23.9 Å². The summed E-state index contributed by atoms with van der Waals surface area (Å²) in [5.41, 5.74) is 1.17. The van der Waals surface area contributed by atoms with E-state index in [1.54, 1.807) is 12.3 Å². The molecule has 260 valence electrons. The molecule has 3 heterocycles. The van der Waals surface area contributed by atoms with Crippen molar-refractivity contribution in [3.63, 3.8) is 0 Å². The Labute approximate surface area is 286 Å². The number of aromatic nitrogens is 4. The van der Waals surface area contributed by atoms with Crippen LogP contribution in [0, 0.1) is 18.8 Å². The normalized spacial score (nSPS) is 19.8. The minimum absolute atomic E-state index is 0.0755. The Kier molecular flexibility index (Phi) is 12.8. The van der Waals surface area contributed by atoms with Crippen LogP contribution in [0.2, 0.25) is 0 Å². The van der Waals surface area contributed by atoms with Gasteiger partial charge in [0.2, 0.25) is 17.7 Å². The molecule has 0 radical (unpaired) electrons. The molecule has 2 aromatic heterocycles. The zero-order valence-corrected chi connectivity index (χ0v) is 29.7. The molecule has 3 atom stereocenters. The van der Waals surface area contributed by atoms with E-state index in [1.165, 1.54) is 20.9 Å². The molecule has 14 heteroatoms. The van der Waals surface area contributed by atoms with E-state index in [4.69, 9.17) is 4.74 Å². The Hall–Kier alpha value is -4.17. The van der Waals surface area contributed by atoms with E-state index in [1.807, 2.05) is 71.9 Å². The van der Waals surface area contributed by atoms with Gasteiger partial charge in [0.1, 0.15) is 29.7 Å². The average molecular weight is 681 g/mol. The summed E-state index contributed by atoms with van der Waals surface area (Å²) in [4.78, 5) is 65.0. The van der Waals surface area contributed by atoms with Gasteiger partial charge in [-0.25, -0.2) is 14.6 Å². The molecule has 1 aromatic carbocycles. The highest BCUT2D eigenvalue weighted by molar-refractivity contribution is 7.09. The van der Waals surface area contributed by atoms with Crippen LogP contribution in [-0.2, 0) is 32.1 Å². The first-order chi connectivity index (χ1) is 22.8. The summed E-state index contributed by atoms with van der Waals surface area (Å²) in [6.07, 6.45) is 0.801. The maximum absolute atomic E-state index is 13.7. The lowest BCUT2D eigenvalue weighted by atomic mass is 10.0. The minimum atomic E-state index is -0.626. The lowest BCUT2D eigenvalue weighted by molar-refractivity contribution is -0.142. The number of hydrogen-bond acceptors (Lipinski definition) is 9. The molecule has 0 spiro atoms. The second kappa shape index (κ2) is 16.8. The van der Waals surface area contributed by atoms with Crippen LogP contribution in [0.15, 0.2) is 35.7 Å². The first kappa shape index (κ1) is 36.7. The van der Waals surface area contributed by atoms with E-state index in [0.29, 0.717) is 29.5 Å². The molecule has 0 unspecified atom stereocenters. The fourth-order valence-corrected chi connectivity index (χ4v) is 6.29. The van der Waals surface area contributed by atoms with Gasteiger partial charge in [-0.3, -0.25) is 19.2 Å². The number of nitrogens with zero attached hydrogens (tertiary/aromatic N) is 5. The first-order valence-corrected chi connectivity index (χ1v) is 17.4. The zero-order valence-electron chi connectivity index (χ0n) is 28.9. The molecular weight excluding hydrogens is 632 g/mol. The molecule has 0 saturated carbocycles. The summed E-state index contributed by atoms with van der Waals surface area (Å²) >= 11 is 1.29. The first-order valence-electron chi connectivity index (χ1n) is 16.5. The summed E-state index contributed by atoms with van der Waals surface area (Å²) < 4.78 is 7.11. The van der Waals surface area contributed by atoms with Crippen molar-refractivity contribution in [1.29, 1.82) is 0 Å². The predicted molar refractivity (Wildman–Crippen MR) is 182 cm³/mol. The Bertz CT molecular complexity index is 1550. The molecule has 3 aromatic rings. The van der Waals surface area contributed by atoms with Gasteiger partial charge in [0.15, 0.2) is 5.82 Å². The van der Waals surface area contributed by atoms with E-state index >= 15 is 0 Å². The zero-order chi connectivity index (χ0) is 35.0. The number of rotatable bonds is 8. The minimum Gasteiger partial charge on any atom is -0.369 e. The molecule has 4 rings (SSSR count). The molecule has 1 aliphatic rings. The van der Waals surface area contributed by atoms with Crippen molar-refractivity contribution in [2.75, 3.05) is 19.7 Å². The van der Waals surface area contributed by atoms with Crippen LogP contribution in [0.25, 0.3) is 0 Å². The molecule has 1 aliphatic heterocycles. The highest BCUT2D eigenvalue weighted by Gasteiger charge is 2.30. The Morgan fingerprint density at radius 1 is 0.958 bits per heavy atom. The fraction of sp³-hybridized carbons (Fsp3) is 0.559. The van der Waals surface area contributed by atoms with Crippen LogP contribution < -0.4 is 16.0 Å². The Morgan fingerprint density at radius 3 is 2.33 bits per heavy atom. The van der Waals surface area contributed by atoms with Crippen molar-refractivity contribution in [3.05, 3.63) is 63.6 Å². The van der Waals surface area contributed by atoms with Crippen molar-refractivity contribution in [1.82, 2.24) is 40.6 Å². The SMILES string of the molecule is Cc1nc2n(n1)CC(=O)N[C@@H](C(C)C)CN(C(=O)COC(C)C)CC(=O)N[C@@H](CC(C)C)c1nc(cs1)C(=O)N[C@H]2Cc1ccccc1. The van der Waals surface area contributed by atoms with Crippen LogP contribution in [0.1, 0.15) is 92.8 Å². The smallest absolute Gasteiger partial charge is 0.271 e. The number of carbonyl (C=O) groups is 4. The molecule has 13 nitrogen and oxygen atoms in total. The third-order valence-corrected chi connectivity index (χ3v) is 8.85. The summed E-state index contributed by atoms with van der Waals surface area (Å²) in [7, 11) is 0. The fourth-order valence-electron chi connectivity index (χ4n) is 5.43. The standard InChI is InChI=1S/C34H48N8O5S/c1-20(2)13-26-34-39-28(19-48-34)33(46)38-25(14-24-11-9-8-10-12-24)32-35-23(7)40-42(32)17-30(44)37-27(21(3)4)15-41(16-29(43)36-26)31(45)18-47-22(5)6/h8-12,19-22,25-27H,13-18H2,1-7H3,(H,36,43)(H,37,44)(H,38,46)/t25-,26-,27+/m0/s1. The van der Waals surface area contributed by atoms with Gasteiger partial charge in [-0.15, -0.1) is 11.3 Å². The highest BCUT2D eigenvalue weighted by atomic mass is 32.1. The van der Waals surface area contributed by atoms with Gasteiger partial charge in [0.05, 0.1) is 24.7 Å². The summed E-state index contributed by atoms with van der Waals surface area (Å²) in [6.45, 7) is 12.9. The van der Waals surface area contributed by atoms with Crippen LogP contribution >= 0.6 is 11.3 Å². The third kappa shape index (κ3) is 10.4. The van der Waals surface area contributed by atoms with Gasteiger partial charge >= 0.3 is 0 Å². The number of thiazole rings is 1. The topological polar surface area (TPSA) is 160 Å². The number of amides is 4. The van der Waals surface area contributed by atoms with E-state index in [9.17, 15) is 19.2 Å². The second-order valence-electron chi connectivity index (χ2n) is 13.3. The average Bonchev–Trinajstić information content (AvgIpc) is 3.65. The van der Waals surface area contributed by atoms with Crippen LogP contribution in [0.3, 0.4) is 0 Å². The van der Waals surface area contributed by atoms with E-state index in [0.717, 1.165) is 5.56 Å². The van der Waals surface area contributed by atoms with E-state index in [2.05, 4.69) is 31.0 Å². The molecule has 3 N–H and O–H groups in total. The molecule has 0 fully saturated rings. The van der Waals surface area contributed by atoms with E-state index < -0.39 is 24.0 Å². The lowest BCUT2D eigenvalue weighted by Crippen LogP contribution is -2.52. The summed E-state index contributed by atoms with van der Waals surface area (Å²) in [6, 6.07) is 8.11. The maximum atomic E-state index is 13.7. The van der Waals surface area contributed by atoms with Crippen LogP contribution in [-0.4, -0.2) is 80.1 Å². The van der Waals surface area contributed by atoms with Crippen LogP contribution in [0.4, 0.5) is 0 Å². The Balaban J connectivity index is 1.76. The van der Waals surface area contributed by atoms with Gasteiger partial charge in [-0.05, 0) is 51.0 Å². The van der Waals surface area contributed by atoms with Crippen LogP contribution in [0.5, 0.6) is 0 Å². The molecule has 0 aliphatic carbocycles. The number of hydrogen-bond donors (Lipinski definition) is 3. The molecular formula is C34H48N8O5S. The predicted octanol–water partition coefficient (Wildman–Crippen LogP) is 3.37. The lowest BCUT2D eigenvalue weighted by Gasteiger charge is -2.31. The highest BCUT2D eigenvalue weighted by Crippen LogP contribution is 2.26. The molecule has 48 heavy (non-hydrogen) atoms. The maximum Gasteiger partial charge on any atom is 0.271 e. The van der Waals surface area contributed by atoms with Gasteiger partial charge in [-0.1, -0.05) is 58.0 Å². The largest absolute Gasteiger partial charge is 0.369 e. The quantitative estimate of drug-likeness (QED) is 0.327. The van der Waals surface area contributed by atoms with Crippen molar-refractivity contribution in [2.45, 2.75) is 92.1 Å². The van der Waals surface area contributed by atoms with E-state index in [-0.39, 0.29) is 67.6 Å². The van der Waals surface area contributed by atoms with Gasteiger partial charge in [-0.2, -0.15) is 5.10 Å². The number of nitrogens with one attached hydrogen (secondary N) is 3. The van der Waals surface area contributed by atoms with Crippen molar-refractivity contribution >= 4 is 35.0 Å².